The average Bonchev–Trinajstić information content (AvgIpc) is 2.29. The summed E-state index contributed by atoms with van der Waals surface area (Å²) >= 11 is 0. The highest BCUT2D eigenvalue weighted by Gasteiger charge is 2.11. The number of nitrogens with zero attached hydrogens (tertiary/aromatic N) is 2. The van der Waals surface area contributed by atoms with Gasteiger partial charge in [-0.15, -0.1) is 0 Å². The van der Waals surface area contributed by atoms with E-state index >= 15 is 0 Å². The maximum Gasteiger partial charge on any atom is 0.309 e. The van der Waals surface area contributed by atoms with Crippen molar-refractivity contribution in [1.29, 1.82) is 0 Å². The number of carboxylic acids is 1. The Morgan fingerprint density at radius 3 is 2.82 bits per heavy atom. The second-order valence-electron chi connectivity index (χ2n) is 3.44. The summed E-state index contributed by atoms with van der Waals surface area (Å²) in [6.07, 6.45) is 2.87. The van der Waals surface area contributed by atoms with Gasteiger partial charge in [0, 0.05) is 23.5 Å². The molecular weight excluding hydrogens is 223 g/mol. The predicted octanol–water partition coefficient (Wildman–Crippen LogP) is 1.91. The Hall–Kier alpha value is -2.30. The molecule has 0 aliphatic carbocycles. The fourth-order valence-electron chi connectivity index (χ4n) is 1.54. The highest BCUT2D eigenvalue weighted by Crippen LogP contribution is 2.22. The van der Waals surface area contributed by atoms with E-state index in [0.29, 0.717) is 5.56 Å². The molecule has 0 saturated carbocycles. The Bertz CT molecular complexity index is 543. The summed E-state index contributed by atoms with van der Waals surface area (Å²) in [5.41, 5.74) is 1.50. The van der Waals surface area contributed by atoms with Gasteiger partial charge < -0.3 is 5.11 Å². The zero-order valence-electron chi connectivity index (χ0n) is 8.80. The fraction of sp³-hybridized carbons (Fsp3) is 0.0833. The lowest BCUT2D eigenvalue weighted by Crippen LogP contribution is -2.05. The molecule has 2 heterocycles. The number of hydrogen-bond acceptors (Lipinski definition) is 3. The fourth-order valence-corrected chi connectivity index (χ4v) is 1.54. The van der Waals surface area contributed by atoms with Crippen LogP contribution in [0.1, 0.15) is 5.69 Å². The van der Waals surface area contributed by atoms with Gasteiger partial charge in [-0.05, 0) is 18.2 Å². The molecule has 2 rings (SSSR count). The van der Waals surface area contributed by atoms with E-state index in [1.54, 1.807) is 24.5 Å². The molecule has 0 atom stereocenters. The van der Waals surface area contributed by atoms with Crippen LogP contribution in [0.4, 0.5) is 4.39 Å². The number of aliphatic carboxylic acids is 1. The topological polar surface area (TPSA) is 63.1 Å². The van der Waals surface area contributed by atoms with Crippen LogP contribution in [0.5, 0.6) is 0 Å². The van der Waals surface area contributed by atoms with Gasteiger partial charge >= 0.3 is 5.97 Å². The van der Waals surface area contributed by atoms with E-state index in [-0.39, 0.29) is 12.1 Å². The molecule has 0 spiro atoms. The van der Waals surface area contributed by atoms with E-state index in [2.05, 4.69) is 9.97 Å². The van der Waals surface area contributed by atoms with Crippen LogP contribution < -0.4 is 0 Å². The van der Waals surface area contributed by atoms with Gasteiger partial charge in [0.05, 0.1) is 12.1 Å². The first-order chi connectivity index (χ1) is 8.16. The van der Waals surface area contributed by atoms with Crippen LogP contribution in [0, 0.1) is 5.95 Å². The number of carboxylic acid groups (broad SMARTS) is 1. The molecule has 0 amide bonds. The molecule has 2 aromatic rings. The van der Waals surface area contributed by atoms with Crippen LogP contribution in [-0.2, 0) is 11.2 Å². The van der Waals surface area contributed by atoms with E-state index in [4.69, 9.17) is 5.11 Å². The van der Waals surface area contributed by atoms with Gasteiger partial charge in [0.1, 0.15) is 0 Å². The summed E-state index contributed by atoms with van der Waals surface area (Å²) in [4.78, 5) is 18.2. The molecule has 86 valence electrons. The summed E-state index contributed by atoms with van der Waals surface area (Å²) < 4.78 is 13.0. The van der Waals surface area contributed by atoms with E-state index in [0.717, 1.165) is 5.56 Å². The first-order valence-electron chi connectivity index (χ1n) is 4.94. The minimum atomic E-state index is -1.05. The largest absolute Gasteiger partial charge is 0.481 e. The predicted molar refractivity (Wildman–Crippen MR) is 58.8 cm³/mol. The molecule has 0 fully saturated rings. The number of aromatic nitrogens is 2. The van der Waals surface area contributed by atoms with Gasteiger partial charge in [0.25, 0.3) is 0 Å². The first-order valence-corrected chi connectivity index (χ1v) is 4.94. The van der Waals surface area contributed by atoms with Crippen molar-refractivity contribution < 1.29 is 14.3 Å². The Labute approximate surface area is 96.8 Å². The molecule has 0 unspecified atom stereocenters. The molecule has 0 aliphatic rings. The Morgan fingerprint density at radius 2 is 2.18 bits per heavy atom. The lowest BCUT2D eigenvalue weighted by atomic mass is 10.0. The van der Waals surface area contributed by atoms with Crippen molar-refractivity contribution in [1.82, 2.24) is 9.97 Å². The van der Waals surface area contributed by atoms with Crippen LogP contribution in [-0.4, -0.2) is 21.0 Å². The minimum absolute atomic E-state index is 0.200. The zero-order chi connectivity index (χ0) is 12.3. The molecule has 5 heteroatoms. The Balaban J connectivity index is 2.50. The van der Waals surface area contributed by atoms with E-state index in [1.807, 2.05) is 0 Å². The van der Waals surface area contributed by atoms with Gasteiger partial charge in [0.2, 0.25) is 5.95 Å². The first kappa shape index (κ1) is 11.2. The van der Waals surface area contributed by atoms with Crippen LogP contribution in [0.15, 0.2) is 36.7 Å². The van der Waals surface area contributed by atoms with Crippen molar-refractivity contribution in [2.24, 2.45) is 0 Å². The second-order valence-corrected chi connectivity index (χ2v) is 3.44. The van der Waals surface area contributed by atoms with Gasteiger partial charge in [-0.25, -0.2) is 4.98 Å². The standard InChI is InChI=1S/C12H9FN2O2/c13-11-4-3-9(8-2-1-5-14-7-8)10(15-11)6-12(16)17/h1-5,7H,6H2,(H,16,17). The average molecular weight is 232 g/mol. The monoisotopic (exact) mass is 232 g/mol. The molecule has 0 bridgehead atoms. The molecule has 0 aromatic carbocycles. The van der Waals surface area contributed by atoms with Crippen molar-refractivity contribution in [2.45, 2.75) is 6.42 Å². The zero-order valence-corrected chi connectivity index (χ0v) is 8.80. The maximum absolute atomic E-state index is 13.0. The van der Waals surface area contributed by atoms with Crippen LogP contribution in [0.25, 0.3) is 11.1 Å². The number of carbonyl (C=O) groups is 1. The lowest BCUT2D eigenvalue weighted by molar-refractivity contribution is -0.136. The molecule has 4 nitrogen and oxygen atoms in total. The third kappa shape index (κ3) is 2.63. The van der Waals surface area contributed by atoms with Crippen molar-refractivity contribution in [3.05, 3.63) is 48.3 Å². The molecule has 17 heavy (non-hydrogen) atoms. The Kier molecular flexibility index (Phi) is 3.09. The van der Waals surface area contributed by atoms with E-state index < -0.39 is 11.9 Å². The molecule has 0 radical (unpaired) electrons. The van der Waals surface area contributed by atoms with Crippen LogP contribution in [0.3, 0.4) is 0 Å². The SMILES string of the molecule is O=C(O)Cc1nc(F)ccc1-c1cccnc1. The smallest absolute Gasteiger partial charge is 0.309 e. The minimum Gasteiger partial charge on any atom is -0.481 e. The molecule has 2 aromatic heterocycles. The summed E-state index contributed by atoms with van der Waals surface area (Å²) in [7, 11) is 0. The highest BCUT2D eigenvalue weighted by atomic mass is 19.1. The van der Waals surface area contributed by atoms with Gasteiger partial charge in [0.15, 0.2) is 0 Å². The van der Waals surface area contributed by atoms with Gasteiger partial charge in [-0.3, -0.25) is 9.78 Å². The molecule has 1 N–H and O–H groups in total. The summed E-state index contributed by atoms with van der Waals surface area (Å²) in [6, 6.07) is 6.21. The number of rotatable bonds is 3. The number of hydrogen-bond donors (Lipinski definition) is 1. The van der Waals surface area contributed by atoms with Gasteiger partial charge in [-0.1, -0.05) is 6.07 Å². The third-order valence-electron chi connectivity index (χ3n) is 2.23. The Morgan fingerprint density at radius 1 is 1.35 bits per heavy atom. The van der Waals surface area contributed by atoms with E-state index in [1.165, 1.54) is 12.1 Å². The highest BCUT2D eigenvalue weighted by molar-refractivity contribution is 5.75. The molecular formula is C12H9FN2O2. The van der Waals surface area contributed by atoms with Crippen molar-refractivity contribution in [2.75, 3.05) is 0 Å². The summed E-state index contributed by atoms with van der Waals surface area (Å²) in [5, 5.41) is 8.75. The number of pyridine rings is 2. The maximum atomic E-state index is 13.0. The summed E-state index contributed by atoms with van der Waals surface area (Å²) in [5.74, 6) is -1.73. The van der Waals surface area contributed by atoms with Crippen molar-refractivity contribution >= 4 is 5.97 Å². The van der Waals surface area contributed by atoms with Crippen molar-refractivity contribution in [3.63, 3.8) is 0 Å². The molecule has 0 aliphatic heterocycles. The van der Waals surface area contributed by atoms with Crippen LogP contribution in [0.2, 0.25) is 0 Å². The third-order valence-corrected chi connectivity index (χ3v) is 2.23. The molecule has 0 saturated heterocycles. The normalized spacial score (nSPS) is 10.2. The van der Waals surface area contributed by atoms with Crippen LogP contribution >= 0.6 is 0 Å². The number of halogens is 1. The lowest BCUT2D eigenvalue weighted by Gasteiger charge is -2.06. The summed E-state index contributed by atoms with van der Waals surface area (Å²) in [6.45, 7) is 0. The second kappa shape index (κ2) is 4.69. The quantitative estimate of drug-likeness (QED) is 0.821. The van der Waals surface area contributed by atoms with Crippen molar-refractivity contribution in [3.8, 4) is 11.1 Å². The van der Waals surface area contributed by atoms with Gasteiger partial charge in [-0.2, -0.15) is 4.39 Å². The van der Waals surface area contributed by atoms with E-state index in [9.17, 15) is 9.18 Å².